The average Bonchev–Trinajstić information content (AvgIpc) is 3.24. The number of nitrogens with zero attached hydrogens (tertiary/aromatic N) is 2. The van der Waals surface area contributed by atoms with Crippen molar-refractivity contribution >= 4 is 26.0 Å². The molecule has 0 spiro atoms. The molecular formula is C20H30F2N4O6S2. The molecular weight excluding hydrogens is 494 g/mol. The molecule has 0 radical (unpaired) electrons. The highest BCUT2D eigenvalue weighted by Gasteiger charge is 2.39. The molecule has 1 aliphatic carbocycles. The van der Waals surface area contributed by atoms with Crippen LogP contribution in [0.5, 0.6) is 0 Å². The molecule has 1 aromatic carbocycles. The number of carbonyl (C=O) groups excluding carboxylic acids is 1. The topological polar surface area (TPSA) is 136 Å². The van der Waals surface area contributed by atoms with Crippen molar-refractivity contribution in [1.82, 2.24) is 19.5 Å². The summed E-state index contributed by atoms with van der Waals surface area (Å²) < 4.78 is 79.2. The van der Waals surface area contributed by atoms with E-state index in [9.17, 15) is 35.5 Å². The summed E-state index contributed by atoms with van der Waals surface area (Å²) in [5.41, 5.74) is 0. The van der Waals surface area contributed by atoms with E-state index < -0.39 is 50.3 Å². The molecule has 1 heterocycles. The largest absolute Gasteiger partial charge is 0.364 e. The molecule has 2 aliphatic rings. The number of hydrogen-bond acceptors (Lipinski definition) is 8. The van der Waals surface area contributed by atoms with E-state index in [1.165, 1.54) is 12.1 Å². The highest BCUT2D eigenvalue weighted by atomic mass is 32.2. The zero-order chi connectivity index (χ0) is 25.1. The minimum Gasteiger partial charge on any atom is -0.364 e. The lowest BCUT2D eigenvalue weighted by Gasteiger charge is -2.34. The van der Waals surface area contributed by atoms with Crippen LogP contribution in [0.2, 0.25) is 0 Å². The van der Waals surface area contributed by atoms with Gasteiger partial charge in [0.25, 0.3) is 15.9 Å². The first kappa shape index (κ1) is 26.9. The predicted octanol–water partition coefficient (Wildman–Crippen LogP) is 0.665. The summed E-state index contributed by atoms with van der Waals surface area (Å²) in [6.07, 6.45) is 0.433. The summed E-state index contributed by atoms with van der Waals surface area (Å²) >= 11 is 0. The summed E-state index contributed by atoms with van der Waals surface area (Å²) in [6.45, 7) is 0.147. The van der Waals surface area contributed by atoms with Gasteiger partial charge >= 0.3 is 0 Å². The first-order chi connectivity index (χ1) is 15.9. The molecule has 192 valence electrons. The van der Waals surface area contributed by atoms with Crippen LogP contribution in [0.1, 0.15) is 38.5 Å². The molecule has 1 saturated heterocycles. The lowest BCUT2D eigenvalue weighted by atomic mass is 9.84. The fraction of sp³-hybridized carbons (Fsp3) is 0.650. The standard InChI is InChI=1S/C20H30F2N4O6S2/c1-33(29,30)24-19(27)18(12-14-6-8-15(21)9-7-14)23-20(28)25-10-3-11-26(25)34(31,32)17-5-2-4-16(22)13-17/h2,4-5,13-15,18,20,23,28H,3,6-12H2,1H3,(H,24,27)/t14?,15?,18-,20?/m1/s1. The Hall–Kier alpha value is -1.71. The molecule has 2 atom stereocenters. The van der Waals surface area contributed by atoms with Gasteiger partial charge in [0.15, 0.2) is 6.35 Å². The van der Waals surface area contributed by atoms with Gasteiger partial charge in [0.2, 0.25) is 10.0 Å². The number of alkyl halides is 1. The molecule has 10 nitrogen and oxygen atoms in total. The molecule has 1 amide bonds. The Bertz CT molecular complexity index is 1080. The SMILES string of the molecule is CS(=O)(=O)NC(=O)[C@@H](CC1CCC(F)CC1)NC(O)N1CCCN1S(=O)(=O)c1cccc(F)c1. The van der Waals surface area contributed by atoms with Gasteiger partial charge in [-0.3, -0.25) is 14.8 Å². The van der Waals surface area contributed by atoms with Crippen LogP contribution in [0.4, 0.5) is 8.78 Å². The number of sulfonamides is 2. The van der Waals surface area contributed by atoms with E-state index in [4.69, 9.17) is 0 Å². The Labute approximate surface area is 198 Å². The number of benzene rings is 1. The summed E-state index contributed by atoms with van der Waals surface area (Å²) in [6, 6.07) is 3.30. The van der Waals surface area contributed by atoms with Gasteiger partial charge in [0.1, 0.15) is 12.0 Å². The van der Waals surface area contributed by atoms with Crippen LogP contribution in [-0.4, -0.2) is 75.2 Å². The molecule has 3 rings (SSSR count). The van der Waals surface area contributed by atoms with Crippen molar-refractivity contribution < 1.29 is 35.5 Å². The van der Waals surface area contributed by atoms with Crippen LogP contribution in [-0.2, 0) is 24.8 Å². The number of nitrogens with one attached hydrogen (secondary N) is 2. The van der Waals surface area contributed by atoms with Crippen LogP contribution >= 0.6 is 0 Å². The number of carbonyl (C=O) groups is 1. The summed E-state index contributed by atoms with van der Waals surface area (Å²) in [5.74, 6) is -1.71. The summed E-state index contributed by atoms with van der Waals surface area (Å²) in [5, 5.41) is 14.6. The number of rotatable bonds is 9. The van der Waals surface area contributed by atoms with Crippen molar-refractivity contribution in [3.8, 4) is 0 Å². The van der Waals surface area contributed by atoms with Crippen molar-refractivity contribution in [2.75, 3.05) is 19.3 Å². The summed E-state index contributed by atoms with van der Waals surface area (Å²) in [7, 11) is -8.08. The van der Waals surface area contributed by atoms with Gasteiger partial charge in [0, 0.05) is 13.1 Å². The average molecular weight is 525 g/mol. The molecule has 0 bridgehead atoms. The number of halogens is 2. The molecule has 34 heavy (non-hydrogen) atoms. The van der Waals surface area contributed by atoms with Crippen LogP contribution in [0, 0.1) is 11.7 Å². The van der Waals surface area contributed by atoms with Crippen LogP contribution in [0.15, 0.2) is 29.2 Å². The quantitative estimate of drug-likeness (QED) is 0.401. The molecule has 1 saturated carbocycles. The van der Waals surface area contributed by atoms with E-state index in [1.807, 2.05) is 4.72 Å². The molecule has 14 heteroatoms. The zero-order valence-corrected chi connectivity index (χ0v) is 20.4. The molecule has 3 N–H and O–H groups in total. The number of hydrazine groups is 1. The first-order valence-corrected chi connectivity index (χ1v) is 14.3. The molecule has 1 aliphatic heterocycles. The van der Waals surface area contributed by atoms with Gasteiger partial charge in [-0.25, -0.2) is 25.6 Å². The third-order valence-corrected chi connectivity index (χ3v) is 8.34. The van der Waals surface area contributed by atoms with Crippen molar-refractivity contribution in [1.29, 1.82) is 0 Å². The smallest absolute Gasteiger partial charge is 0.256 e. The predicted molar refractivity (Wildman–Crippen MR) is 119 cm³/mol. The van der Waals surface area contributed by atoms with Crippen molar-refractivity contribution in [3.63, 3.8) is 0 Å². The lowest BCUT2D eigenvalue weighted by Crippen LogP contribution is -2.58. The van der Waals surface area contributed by atoms with Crippen LogP contribution in [0.25, 0.3) is 0 Å². The second-order valence-corrected chi connectivity index (χ2v) is 12.3. The Morgan fingerprint density at radius 2 is 1.85 bits per heavy atom. The number of amides is 1. The van der Waals surface area contributed by atoms with E-state index in [0.29, 0.717) is 32.1 Å². The van der Waals surface area contributed by atoms with Gasteiger partial charge in [-0.2, -0.15) is 5.01 Å². The minimum absolute atomic E-state index is 0.0261. The Kier molecular flexibility index (Phi) is 8.63. The maximum Gasteiger partial charge on any atom is 0.256 e. The second-order valence-electron chi connectivity index (χ2n) is 8.71. The zero-order valence-electron chi connectivity index (χ0n) is 18.7. The van der Waals surface area contributed by atoms with Crippen molar-refractivity contribution in [3.05, 3.63) is 30.1 Å². The number of aliphatic hydroxyl groups is 1. The second kappa shape index (κ2) is 10.9. The van der Waals surface area contributed by atoms with E-state index in [-0.39, 0.29) is 30.3 Å². The van der Waals surface area contributed by atoms with Crippen LogP contribution < -0.4 is 10.0 Å². The fourth-order valence-electron chi connectivity index (χ4n) is 4.32. The van der Waals surface area contributed by atoms with E-state index >= 15 is 0 Å². The fourth-order valence-corrected chi connectivity index (χ4v) is 6.40. The first-order valence-electron chi connectivity index (χ1n) is 11.0. The Balaban J connectivity index is 1.77. The third kappa shape index (κ3) is 6.92. The lowest BCUT2D eigenvalue weighted by molar-refractivity contribution is -0.128. The van der Waals surface area contributed by atoms with Gasteiger partial charge in [-0.1, -0.05) is 6.07 Å². The molecule has 1 aromatic rings. The molecule has 2 fully saturated rings. The maximum atomic E-state index is 13.6. The van der Waals surface area contributed by atoms with E-state index in [0.717, 1.165) is 27.8 Å². The van der Waals surface area contributed by atoms with Gasteiger partial charge < -0.3 is 5.11 Å². The maximum absolute atomic E-state index is 13.6. The number of aliphatic hydroxyl groups excluding tert-OH is 1. The number of hydrogen-bond donors (Lipinski definition) is 3. The summed E-state index contributed by atoms with van der Waals surface area (Å²) in [4.78, 5) is 12.4. The van der Waals surface area contributed by atoms with E-state index in [2.05, 4.69) is 5.32 Å². The monoisotopic (exact) mass is 524 g/mol. The van der Waals surface area contributed by atoms with E-state index in [1.54, 1.807) is 0 Å². The van der Waals surface area contributed by atoms with Crippen molar-refractivity contribution in [2.45, 2.75) is 62.0 Å². The Morgan fingerprint density at radius 1 is 1.18 bits per heavy atom. The van der Waals surface area contributed by atoms with Crippen LogP contribution in [0.3, 0.4) is 0 Å². The minimum atomic E-state index is -4.19. The highest BCUT2D eigenvalue weighted by Crippen LogP contribution is 2.30. The van der Waals surface area contributed by atoms with Gasteiger partial charge in [-0.15, -0.1) is 4.41 Å². The van der Waals surface area contributed by atoms with Crippen molar-refractivity contribution in [2.24, 2.45) is 5.92 Å². The Morgan fingerprint density at radius 3 is 2.47 bits per heavy atom. The molecule has 0 aromatic heterocycles. The highest BCUT2D eigenvalue weighted by molar-refractivity contribution is 7.89. The van der Waals surface area contributed by atoms with Gasteiger partial charge in [0.05, 0.1) is 17.2 Å². The van der Waals surface area contributed by atoms with Gasteiger partial charge in [-0.05, 0) is 62.6 Å². The normalized spacial score (nSPS) is 24.6. The molecule has 1 unspecified atom stereocenters. The third-order valence-electron chi connectivity index (χ3n) is 5.97.